The highest BCUT2D eigenvalue weighted by Gasteiger charge is 2.25. The predicted octanol–water partition coefficient (Wildman–Crippen LogP) is 3.51. The van der Waals surface area contributed by atoms with Crippen LogP contribution in [0.5, 0.6) is 0 Å². The summed E-state index contributed by atoms with van der Waals surface area (Å²) in [4.78, 5) is 6.67. The van der Waals surface area contributed by atoms with Crippen molar-refractivity contribution in [2.24, 2.45) is 7.05 Å². The third kappa shape index (κ3) is 3.01. The van der Waals surface area contributed by atoms with Gasteiger partial charge in [-0.3, -0.25) is 4.68 Å². The maximum Gasteiger partial charge on any atom is 0.324 e. The molecule has 3 heterocycles. The summed E-state index contributed by atoms with van der Waals surface area (Å²) in [6, 6.07) is 8.05. The summed E-state index contributed by atoms with van der Waals surface area (Å²) < 4.78 is 7.31. The Morgan fingerprint density at radius 1 is 1.25 bits per heavy atom. The molecule has 0 amide bonds. The van der Waals surface area contributed by atoms with Gasteiger partial charge >= 0.3 is 6.01 Å². The lowest BCUT2D eigenvalue weighted by atomic mass is 9.92. The fourth-order valence-corrected chi connectivity index (χ4v) is 3.33. The van der Waals surface area contributed by atoms with E-state index in [4.69, 9.17) is 16.1 Å². The van der Waals surface area contributed by atoms with E-state index in [0.29, 0.717) is 22.8 Å². The van der Waals surface area contributed by atoms with Gasteiger partial charge in [0.25, 0.3) is 0 Å². The van der Waals surface area contributed by atoms with E-state index in [1.54, 1.807) is 0 Å². The van der Waals surface area contributed by atoms with Crippen molar-refractivity contribution in [3.05, 3.63) is 47.2 Å². The lowest BCUT2D eigenvalue weighted by Crippen LogP contribution is -2.33. The lowest BCUT2D eigenvalue weighted by molar-refractivity contribution is 0.394. The minimum Gasteiger partial charge on any atom is -0.324 e. The number of anilines is 1. The van der Waals surface area contributed by atoms with E-state index in [-0.39, 0.29) is 0 Å². The molecule has 1 fully saturated rings. The number of hydrogen-bond acceptors (Lipinski definition) is 5. The summed E-state index contributed by atoms with van der Waals surface area (Å²) in [5.74, 6) is 1.12. The quantitative estimate of drug-likeness (QED) is 0.728. The Morgan fingerprint density at radius 2 is 2.08 bits per heavy atom. The molecule has 4 rings (SSSR count). The molecule has 0 saturated carbocycles. The van der Waals surface area contributed by atoms with E-state index >= 15 is 0 Å². The van der Waals surface area contributed by atoms with Crippen LogP contribution in [0, 0.1) is 0 Å². The Balaban J connectivity index is 1.45. The predicted molar refractivity (Wildman–Crippen MR) is 92.1 cm³/mol. The Hall–Kier alpha value is -2.34. The average molecular weight is 344 g/mol. The molecule has 1 aliphatic heterocycles. The minimum atomic E-state index is 0.547. The first-order valence-corrected chi connectivity index (χ1v) is 8.40. The van der Waals surface area contributed by atoms with Crippen molar-refractivity contribution >= 4 is 17.6 Å². The highest BCUT2D eigenvalue weighted by molar-refractivity contribution is 6.30. The lowest BCUT2D eigenvalue weighted by Gasteiger charge is -2.29. The van der Waals surface area contributed by atoms with Crippen molar-refractivity contribution in [3.8, 4) is 11.4 Å². The van der Waals surface area contributed by atoms with E-state index in [1.165, 1.54) is 5.56 Å². The SMILES string of the molecule is Cn1cc(C2CCN(c3nc(-c4cccc(Cl)c4)no3)CC2)cn1. The van der Waals surface area contributed by atoms with Crippen molar-refractivity contribution < 1.29 is 4.52 Å². The second-order valence-corrected chi connectivity index (χ2v) is 6.56. The second-order valence-electron chi connectivity index (χ2n) is 6.12. The number of benzene rings is 1. The van der Waals surface area contributed by atoms with Crippen molar-refractivity contribution in [1.82, 2.24) is 19.9 Å². The second kappa shape index (κ2) is 6.28. The molecule has 1 saturated heterocycles. The first-order valence-electron chi connectivity index (χ1n) is 8.02. The molecule has 7 heteroatoms. The van der Waals surface area contributed by atoms with Crippen molar-refractivity contribution in [2.75, 3.05) is 18.0 Å². The highest BCUT2D eigenvalue weighted by atomic mass is 35.5. The summed E-state index contributed by atoms with van der Waals surface area (Å²) in [5, 5.41) is 9.01. The zero-order chi connectivity index (χ0) is 16.5. The molecule has 24 heavy (non-hydrogen) atoms. The number of aromatic nitrogens is 4. The van der Waals surface area contributed by atoms with Crippen LogP contribution >= 0.6 is 11.6 Å². The summed E-state index contributed by atoms with van der Waals surface area (Å²) in [6.45, 7) is 1.80. The number of aryl methyl sites for hydroxylation is 1. The fourth-order valence-electron chi connectivity index (χ4n) is 3.14. The zero-order valence-corrected chi connectivity index (χ0v) is 14.1. The van der Waals surface area contributed by atoms with E-state index in [0.717, 1.165) is 31.5 Å². The maximum absolute atomic E-state index is 6.02. The van der Waals surface area contributed by atoms with Crippen LogP contribution in [0.3, 0.4) is 0 Å². The summed E-state index contributed by atoms with van der Waals surface area (Å²) in [5.41, 5.74) is 2.17. The molecule has 0 atom stereocenters. The molecule has 0 spiro atoms. The Morgan fingerprint density at radius 3 is 2.79 bits per heavy atom. The zero-order valence-electron chi connectivity index (χ0n) is 13.4. The molecule has 0 N–H and O–H groups in total. The van der Waals surface area contributed by atoms with Gasteiger partial charge in [0.05, 0.1) is 6.20 Å². The van der Waals surface area contributed by atoms with Gasteiger partial charge in [0.15, 0.2) is 0 Å². The van der Waals surface area contributed by atoms with E-state index < -0.39 is 0 Å². The van der Waals surface area contributed by atoms with Crippen LogP contribution in [0.1, 0.15) is 24.3 Å². The summed E-state index contributed by atoms with van der Waals surface area (Å²) in [6.07, 6.45) is 6.18. The molecular weight excluding hydrogens is 326 g/mol. The first kappa shape index (κ1) is 15.2. The molecule has 2 aromatic heterocycles. The topological polar surface area (TPSA) is 60.0 Å². The van der Waals surface area contributed by atoms with Crippen molar-refractivity contribution in [2.45, 2.75) is 18.8 Å². The van der Waals surface area contributed by atoms with Gasteiger partial charge in [-0.2, -0.15) is 10.1 Å². The molecule has 0 radical (unpaired) electrons. The summed E-state index contributed by atoms with van der Waals surface area (Å²) in [7, 11) is 1.95. The molecule has 0 bridgehead atoms. The van der Waals surface area contributed by atoms with Crippen molar-refractivity contribution in [3.63, 3.8) is 0 Å². The third-order valence-corrected chi connectivity index (χ3v) is 4.69. The van der Waals surface area contributed by atoms with Crippen LogP contribution in [0.15, 0.2) is 41.2 Å². The molecule has 3 aromatic rings. The third-order valence-electron chi connectivity index (χ3n) is 4.46. The molecule has 1 aromatic carbocycles. The van der Waals surface area contributed by atoms with Gasteiger partial charge in [0, 0.05) is 36.9 Å². The van der Waals surface area contributed by atoms with E-state index in [2.05, 4.69) is 26.3 Å². The van der Waals surface area contributed by atoms with Crippen LogP contribution in [-0.2, 0) is 7.05 Å². The molecule has 0 unspecified atom stereocenters. The van der Waals surface area contributed by atoms with Gasteiger partial charge in [0.1, 0.15) is 0 Å². The van der Waals surface area contributed by atoms with E-state index in [1.807, 2.05) is 42.2 Å². The van der Waals surface area contributed by atoms with Gasteiger partial charge in [-0.05, 0) is 36.5 Å². The van der Waals surface area contributed by atoms with Gasteiger partial charge in [-0.15, -0.1) is 0 Å². The normalized spacial score (nSPS) is 15.8. The van der Waals surface area contributed by atoms with Crippen LogP contribution in [-0.4, -0.2) is 33.0 Å². The minimum absolute atomic E-state index is 0.547. The molecule has 0 aliphatic carbocycles. The molecular formula is C17H18ClN5O. The largest absolute Gasteiger partial charge is 0.324 e. The van der Waals surface area contributed by atoms with Gasteiger partial charge in [0.2, 0.25) is 5.82 Å². The number of piperidine rings is 1. The van der Waals surface area contributed by atoms with Gasteiger partial charge in [-0.1, -0.05) is 28.9 Å². The standard InChI is InChI=1S/C17H18ClN5O/c1-22-11-14(10-19-22)12-5-7-23(8-6-12)17-20-16(21-24-17)13-3-2-4-15(18)9-13/h2-4,9-12H,5-8H2,1H3. The van der Waals surface area contributed by atoms with Crippen LogP contribution < -0.4 is 4.90 Å². The number of nitrogens with zero attached hydrogens (tertiary/aromatic N) is 5. The first-order chi connectivity index (χ1) is 11.7. The van der Waals surface area contributed by atoms with Gasteiger partial charge in [-0.25, -0.2) is 0 Å². The summed E-state index contributed by atoms with van der Waals surface area (Å²) >= 11 is 6.02. The Labute approximate surface area is 145 Å². The van der Waals surface area contributed by atoms with Crippen LogP contribution in [0.25, 0.3) is 11.4 Å². The van der Waals surface area contributed by atoms with Crippen LogP contribution in [0.4, 0.5) is 6.01 Å². The Kier molecular flexibility index (Phi) is 3.98. The highest BCUT2D eigenvalue weighted by Crippen LogP contribution is 2.30. The fraction of sp³-hybridized carbons (Fsp3) is 0.353. The average Bonchev–Trinajstić information content (AvgIpc) is 3.24. The maximum atomic E-state index is 6.02. The van der Waals surface area contributed by atoms with Crippen LogP contribution in [0.2, 0.25) is 5.02 Å². The smallest absolute Gasteiger partial charge is 0.324 e. The number of halogens is 1. The molecule has 1 aliphatic rings. The monoisotopic (exact) mass is 343 g/mol. The number of hydrogen-bond donors (Lipinski definition) is 0. The number of rotatable bonds is 3. The van der Waals surface area contributed by atoms with Crippen molar-refractivity contribution in [1.29, 1.82) is 0 Å². The van der Waals surface area contributed by atoms with E-state index in [9.17, 15) is 0 Å². The molecule has 124 valence electrons. The molecule has 6 nitrogen and oxygen atoms in total. The van der Waals surface area contributed by atoms with Gasteiger partial charge < -0.3 is 9.42 Å². The Bertz CT molecular complexity index is 835.